The Morgan fingerprint density at radius 1 is 1.41 bits per heavy atom. The van der Waals surface area contributed by atoms with Crippen molar-refractivity contribution in [3.8, 4) is 0 Å². The van der Waals surface area contributed by atoms with Crippen molar-refractivity contribution in [2.24, 2.45) is 0 Å². The number of hydrogen-bond acceptors (Lipinski definition) is 3. The van der Waals surface area contributed by atoms with Crippen LogP contribution in [0, 0.1) is 13.8 Å². The number of nitrogens with one attached hydrogen (secondary N) is 2. The van der Waals surface area contributed by atoms with Crippen LogP contribution in [0.1, 0.15) is 22.0 Å². The van der Waals surface area contributed by atoms with Gasteiger partial charge in [-0.15, -0.1) is 5.10 Å². The predicted molar refractivity (Wildman–Crippen MR) is 68.0 cm³/mol. The van der Waals surface area contributed by atoms with Crippen molar-refractivity contribution in [3.05, 3.63) is 39.9 Å². The maximum atomic E-state index is 11.8. The first-order valence-corrected chi connectivity index (χ1v) is 5.82. The summed E-state index contributed by atoms with van der Waals surface area (Å²) in [5.41, 5.74) is 1.76. The number of anilines is 1. The van der Waals surface area contributed by atoms with E-state index in [1.807, 2.05) is 25.1 Å². The molecule has 0 aliphatic carbocycles. The van der Waals surface area contributed by atoms with Crippen molar-refractivity contribution in [3.63, 3.8) is 0 Å². The Hall–Kier alpha value is -1.69. The van der Waals surface area contributed by atoms with Gasteiger partial charge in [0.15, 0.2) is 0 Å². The maximum Gasteiger partial charge on any atom is 0.295 e. The number of carbonyl (C=O) groups excluding carboxylic acids is 1. The van der Waals surface area contributed by atoms with E-state index in [1.165, 1.54) is 0 Å². The summed E-state index contributed by atoms with van der Waals surface area (Å²) in [6.07, 6.45) is 0. The van der Waals surface area contributed by atoms with Crippen LogP contribution in [0.15, 0.2) is 22.7 Å². The summed E-state index contributed by atoms with van der Waals surface area (Å²) in [4.78, 5) is 15.8. The summed E-state index contributed by atoms with van der Waals surface area (Å²) in [5, 5.41) is 9.18. The Labute approximate surface area is 107 Å². The molecular weight excluding hydrogens is 284 g/mol. The van der Waals surface area contributed by atoms with Crippen molar-refractivity contribution >= 4 is 27.5 Å². The van der Waals surface area contributed by atoms with E-state index in [9.17, 15) is 4.79 Å². The van der Waals surface area contributed by atoms with Crippen molar-refractivity contribution in [2.45, 2.75) is 13.8 Å². The number of H-pyrrole nitrogens is 1. The Bertz CT molecular complexity index is 564. The van der Waals surface area contributed by atoms with Crippen LogP contribution in [0.2, 0.25) is 0 Å². The molecular formula is C11H11BrN4O. The molecule has 0 aliphatic rings. The van der Waals surface area contributed by atoms with Gasteiger partial charge in [0, 0.05) is 4.47 Å². The van der Waals surface area contributed by atoms with E-state index in [0.29, 0.717) is 11.5 Å². The van der Waals surface area contributed by atoms with Crippen LogP contribution in [0.25, 0.3) is 0 Å². The van der Waals surface area contributed by atoms with E-state index in [2.05, 4.69) is 36.4 Å². The Kier molecular flexibility index (Phi) is 3.23. The summed E-state index contributed by atoms with van der Waals surface area (Å²) in [5.74, 6) is 0.412. The molecule has 0 saturated heterocycles. The predicted octanol–water partition coefficient (Wildman–Crippen LogP) is 2.44. The SMILES string of the molecule is Cc1nc(C(=O)Nc2cccc(C)c2Br)n[nH]1. The lowest BCUT2D eigenvalue weighted by molar-refractivity contribution is 0.101. The Morgan fingerprint density at radius 2 is 2.18 bits per heavy atom. The van der Waals surface area contributed by atoms with Crippen LogP contribution in [0.5, 0.6) is 0 Å². The average Bonchev–Trinajstić information content (AvgIpc) is 2.72. The summed E-state index contributed by atoms with van der Waals surface area (Å²) < 4.78 is 0.862. The van der Waals surface area contributed by atoms with Gasteiger partial charge in [0.1, 0.15) is 5.82 Å². The molecule has 0 radical (unpaired) electrons. The third-order valence-corrected chi connectivity index (χ3v) is 3.29. The number of rotatable bonds is 2. The number of aromatic amines is 1. The lowest BCUT2D eigenvalue weighted by Crippen LogP contribution is -2.14. The second-order valence-corrected chi connectivity index (χ2v) is 4.43. The number of carbonyl (C=O) groups is 1. The standard InChI is InChI=1S/C11H11BrN4O/c1-6-4-3-5-8(9(6)12)14-11(17)10-13-7(2)15-16-10/h3-5H,1-2H3,(H,14,17)(H,13,15,16). The van der Waals surface area contributed by atoms with Gasteiger partial charge in [-0.05, 0) is 41.4 Å². The zero-order chi connectivity index (χ0) is 12.4. The first-order valence-electron chi connectivity index (χ1n) is 5.03. The fourth-order valence-corrected chi connectivity index (χ4v) is 1.73. The maximum absolute atomic E-state index is 11.8. The minimum absolute atomic E-state index is 0.135. The highest BCUT2D eigenvalue weighted by Gasteiger charge is 2.13. The number of aryl methyl sites for hydroxylation is 2. The van der Waals surface area contributed by atoms with E-state index < -0.39 is 0 Å². The monoisotopic (exact) mass is 294 g/mol. The molecule has 1 aromatic carbocycles. The minimum Gasteiger partial charge on any atom is -0.318 e. The van der Waals surface area contributed by atoms with Crippen LogP contribution in [0.4, 0.5) is 5.69 Å². The summed E-state index contributed by atoms with van der Waals surface area (Å²) in [6, 6.07) is 5.64. The molecule has 0 fully saturated rings. The zero-order valence-corrected chi connectivity index (χ0v) is 11.0. The average molecular weight is 295 g/mol. The van der Waals surface area contributed by atoms with Crippen LogP contribution >= 0.6 is 15.9 Å². The molecule has 0 atom stereocenters. The van der Waals surface area contributed by atoms with Crippen LogP contribution in [-0.2, 0) is 0 Å². The fourth-order valence-electron chi connectivity index (χ4n) is 1.37. The van der Waals surface area contributed by atoms with E-state index in [0.717, 1.165) is 10.0 Å². The molecule has 17 heavy (non-hydrogen) atoms. The molecule has 1 amide bonds. The Balaban J connectivity index is 2.21. The molecule has 0 unspecified atom stereocenters. The van der Waals surface area contributed by atoms with Gasteiger partial charge in [0.05, 0.1) is 5.69 Å². The highest BCUT2D eigenvalue weighted by Crippen LogP contribution is 2.25. The van der Waals surface area contributed by atoms with E-state index >= 15 is 0 Å². The second kappa shape index (κ2) is 4.67. The molecule has 5 nitrogen and oxygen atoms in total. The number of halogens is 1. The molecule has 1 heterocycles. The van der Waals surface area contributed by atoms with Crippen molar-refractivity contribution in [1.82, 2.24) is 15.2 Å². The molecule has 88 valence electrons. The van der Waals surface area contributed by atoms with Crippen molar-refractivity contribution < 1.29 is 4.79 Å². The smallest absolute Gasteiger partial charge is 0.295 e. The van der Waals surface area contributed by atoms with Crippen LogP contribution in [0.3, 0.4) is 0 Å². The number of aromatic nitrogens is 3. The zero-order valence-electron chi connectivity index (χ0n) is 9.41. The number of amides is 1. The largest absolute Gasteiger partial charge is 0.318 e. The molecule has 1 aromatic heterocycles. The van der Waals surface area contributed by atoms with Crippen molar-refractivity contribution in [2.75, 3.05) is 5.32 Å². The van der Waals surface area contributed by atoms with Gasteiger partial charge >= 0.3 is 0 Å². The third-order valence-electron chi connectivity index (χ3n) is 2.24. The molecule has 2 rings (SSSR count). The van der Waals surface area contributed by atoms with Gasteiger partial charge in [-0.2, -0.15) is 0 Å². The highest BCUT2D eigenvalue weighted by molar-refractivity contribution is 9.10. The molecule has 0 aliphatic heterocycles. The van der Waals surface area contributed by atoms with Crippen LogP contribution in [-0.4, -0.2) is 21.1 Å². The molecule has 6 heteroatoms. The van der Waals surface area contributed by atoms with Gasteiger partial charge in [0.25, 0.3) is 5.91 Å². The summed E-state index contributed by atoms with van der Waals surface area (Å²) in [6.45, 7) is 3.70. The van der Waals surface area contributed by atoms with Crippen molar-refractivity contribution in [1.29, 1.82) is 0 Å². The topological polar surface area (TPSA) is 70.7 Å². The third kappa shape index (κ3) is 2.52. The molecule has 2 N–H and O–H groups in total. The van der Waals surface area contributed by atoms with Gasteiger partial charge in [-0.3, -0.25) is 9.89 Å². The van der Waals surface area contributed by atoms with Gasteiger partial charge < -0.3 is 5.32 Å². The molecule has 0 spiro atoms. The first kappa shape index (κ1) is 11.8. The van der Waals surface area contributed by atoms with E-state index in [1.54, 1.807) is 6.92 Å². The Morgan fingerprint density at radius 3 is 2.82 bits per heavy atom. The van der Waals surface area contributed by atoms with E-state index in [-0.39, 0.29) is 11.7 Å². The molecule has 0 bridgehead atoms. The second-order valence-electron chi connectivity index (χ2n) is 3.64. The normalized spacial score (nSPS) is 10.3. The van der Waals surface area contributed by atoms with Crippen LogP contribution < -0.4 is 5.32 Å². The minimum atomic E-state index is -0.333. The summed E-state index contributed by atoms with van der Waals surface area (Å²) in [7, 11) is 0. The number of hydrogen-bond donors (Lipinski definition) is 2. The lowest BCUT2D eigenvalue weighted by Gasteiger charge is -2.07. The fraction of sp³-hybridized carbons (Fsp3) is 0.182. The molecule has 0 saturated carbocycles. The molecule has 2 aromatic rings. The number of nitrogens with zero attached hydrogens (tertiary/aromatic N) is 2. The van der Waals surface area contributed by atoms with E-state index in [4.69, 9.17) is 0 Å². The number of benzene rings is 1. The lowest BCUT2D eigenvalue weighted by atomic mass is 10.2. The first-order chi connectivity index (χ1) is 8.08. The van der Waals surface area contributed by atoms with Gasteiger partial charge in [-0.25, -0.2) is 4.98 Å². The highest BCUT2D eigenvalue weighted by atomic mass is 79.9. The van der Waals surface area contributed by atoms with Gasteiger partial charge in [-0.1, -0.05) is 12.1 Å². The van der Waals surface area contributed by atoms with Gasteiger partial charge in [0.2, 0.25) is 5.82 Å². The quantitative estimate of drug-likeness (QED) is 0.894. The summed E-state index contributed by atoms with van der Waals surface area (Å²) >= 11 is 3.42.